The summed E-state index contributed by atoms with van der Waals surface area (Å²) >= 11 is 0. The third-order valence-corrected chi connectivity index (χ3v) is 3.89. The molecule has 0 aliphatic rings. The fraction of sp³-hybridized carbons (Fsp3) is 0.211. The van der Waals surface area contributed by atoms with Crippen LogP contribution in [0.3, 0.4) is 0 Å². The first-order chi connectivity index (χ1) is 12.1. The summed E-state index contributed by atoms with van der Waals surface area (Å²) in [5.41, 5.74) is 3.32. The fourth-order valence-corrected chi connectivity index (χ4v) is 2.46. The van der Waals surface area contributed by atoms with Crippen molar-refractivity contribution in [2.75, 3.05) is 5.32 Å². The highest BCUT2D eigenvalue weighted by Crippen LogP contribution is 2.10. The van der Waals surface area contributed by atoms with Gasteiger partial charge in [-0.1, -0.05) is 24.3 Å². The highest BCUT2D eigenvalue weighted by atomic mass is 16.1. The molecule has 0 bridgehead atoms. The number of rotatable bonds is 6. The van der Waals surface area contributed by atoms with E-state index in [9.17, 15) is 4.79 Å². The van der Waals surface area contributed by atoms with Gasteiger partial charge >= 0.3 is 0 Å². The minimum absolute atomic E-state index is 0.217. The van der Waals surface area contributed by atoms with Crippen molar-refractivity contribution in [3.8, 4) is 0 Å². The molecule has 6 heteroatoms. The van der Waals surface area contributed by atoms with Crippen molar-refractivity contribution in [3.05, 3.63) is 71.7 Å². The average molecular weight is 335 g/mol. The zero-order valence-corrected chi connectivity index (χ0v) is 14.4. The predicted molar refractivity (Wildman–Crippen MR) is 98.1 cm³/mol. The third kappa shape index (κ3) is 4.44. The first kappa shape index (κ1) is 16.7. The highest BCUT2D eigenvalue weighted by Gasteiger charge is 2.04. The van der Waals surface area contributed by atoms with Crippen molar-refractivity contribution in [2.24, 2.45) is 0 Å². The van der Waals surface area contributed by atoms with Gasteiger partial charge < -0.3 is 5.32 Å². The van der Waals surface area contributed by atoms with E-state index in [1.165, 1.54) is 17.2 Å². The topological polar surface area (TPSA) is 64.7 Å². The van der Waals surface area contributed by atoms with Crippen LogP contribution in [0.1, 0.15) is 23.6 Å². The number of carbonyl (C=O) groups excluding carboxylic acids is 1. The largest absolute Gasteiger partial charge is 0.306 e. The molecule has 0 saturated heterocycles. The van der Waals surface area contributed by atoms with E-state index in [2.05, 4.69) is 34.6 Å². The summed E-state index contributed by atoms with van der Waals surface area (Å²) in [7, 11) is 0. The lowest BCUT2D eigenvalue weighted by molar-refractivity contribution is -0.111. The Hall–Kier alpha value is -3.15. The normalized spacial score (nSPS) is 11.1. The minimum Gasteiger partial charge on any atom is -0.306 e. The summed E-state index contributed by atoms with van der Waals surface area (Å²) in [5, 5.41) is 11.3. The molecular weight excluding hydrogens is 314 g/mol. The van der Waals surface area contributed by atoms with Gasteiger partial charge in [-0.3, -0.25) is 14.2 Å². The van der Waals surface area contributed by atoms with Crippen LogP contribution in [0.25, 0.3) is 6.08 Å². The van der Waals surface area contributed by atoms with E-state index >= 15 is 0 Å². The van der Waals surface area contributed by atoms with Gasteiger partial charge in [0.25, 0.3) is 0 Å². The van der Waals surface area contributed by atoms with Gasteiger partial charge in [0.2, 0.25) is 5.91 Å². The molecule has 128 valence electrons. The van der Waals surface area contributed by atoms with Crippen LogP contribution in [0.4, 0.5) is 5.82 Å². The SMILES string of the molecule is CCn1cc(/C=C/C(=O)Nc2ccn(Cc3ccccc3C)n2)cn1. The van der Waals surface area contributed by atoms with Gasteiger partial charge in [-0.15, -0.1) is 0 Å². The molecule has 25 heavy (non-hydrogen) atoms. The van der Waals surface area contributed by atoms with Gasteiger partial charge in [0.05, 0.1) is 12.7 Å². The second-order valence-electron chi connectivity index (χ2n) is 5.78. The Bertz CT molecular complexity index is 891. The van der Waals surface area contributed by atoms with Gasteiger partial charge in [0.1, 0.15) is 0 Å². The van der Waals surface area contributed by atoms with Crippen LogP contribution >= 0.6 is 0 Å². The van der Waals surface area contributed by atoms with Gasteiger partial charge in [-0.2, -0.15) is 10.2 Å². The fourth-order valence-electron chi connectivity index (χ4n) is 2.46. The Morgan fingerprint density at radius 3 is 2.84 bits per heavy atom. The Balaban J connectivity index is 1.59. The lowest BCUT2D eigenvalue weighted by atomic mass is 10.1. The molecule has 0 atom stereocenters. The molecule has 0 fully saturated rings. The standard InChI is InChI=1S/C19H21N5O/c1-3-23-13-16(12-20-23)8-9-19(25)21-18-10-11-24(22-18)14-17-7-5-4-6-15(17)2/h4-13H,3,14H2,1-2H3,(H,21,22,25)/b9-8+. The number of hydrogen-bond acceptors (Lipinski definition) is 3. The monoisotopic (exact) mass is 335 g/mol. The van der Waals surface area contributed by atoms with Crippen molar-refractivity contribution in [2.45, 2.75) is 26.9 Å². The summed E-state index contributed by atoms with van der Waals surface area (Å²) in [6.07, 6.45) is 8.69. The second kappa shape index (κ2) is 7.61. The minimum atomic E-state index is -0.217. The predicted octanol–water partition coefficient (Wildman–Crippen LogP) is 3.11. The van der Waals surface area contributed by atoms with E-state index in [4.69, 9.17) is 0 Å². The molecule has 6 nitrogen and oxygen atoms in total. The summed E-state index contributed by atoms with van der Waals surface area (Å²) < 4.78 is 3.62. The van der Waals surface area contributed by atoms with Crippen LogP contribution in [0, 0.1) is 6.92 Å². The Morgan fingerprint density at radius 2 is 2.08 bits per heavy atom. The number of hydrogen-bond donors (Lipinski definition) is 1. The van der Waals surface area contributed by atoms with Crippen LogP contribution in [0.2, 0.25) is 0 Å². The second-order valence-corrected chi connectivity index (χ2v) is 5.78. The zero-order chi connectivity index (χ0) is 17.6. The van der Waals surface area contributed by atoms with Crippen LogP contribution in [-0.4, -0.2) is 25.5 Å². The van der Waals surface area contributed by atoms with E-state index in [0.29, 0.717) is 12.4 Å². The number of nitrogens with one attached hydrogen (secondary N) is 1. The van der Waals surface area contributed by atoms with Crippen molar-refractivity contribution >= 4 is 17.8 Å². The highest BCUT2D eigenvalue weighted by molar-refractivity contribution is 6.01. The summed E-state index contributed by atoms with van der Waals surface area (Å²) in [4.78, 5) is 12.0. The van der Waals surface area contributed by atoms with Crippen LogP contribution < -0.4 is 5.32 Å². The zero-order valence-electron chi connectivity index (χ0n) is 14.4. The first-order valence-corrected chi connectivity index (χ1v) is 8.23. The molecule has 0 aliphatic heterocycles. The molecule has 1 amide bonds. The number of anilines is 1. The van der Waals surface area contributed by atoms with E-state index in [1.54, 1.807) is 18.3 Å². The third-order valence-electron chi connectivity index (χ3n) is 3.89. The van der Waals surface area contributed by atoms with Crippen LogP contribution in [0.5, 0.6) is 0 Å². The van der Waals surface area contributed by atoms with E-state index in [-0.39, 0.29) is 5.91 Å². The molecule has 2 heterocycles. The molecule has 0 saturated carbocycles. The Kier molecular flexibility index (Phi) is 5.09. The number of carbonyl (C=O) groups is 1. The number of amides is 1. The molecule has 0 unspecified atom stereocenters. The number of aromatic nitrogens is 4. The summed E-state index contributed by atoms with van der Waals surface area (Å²) in [6.45, 7) is 5.57. The summed E-state index contributed by atoms with van der Waals surface area (Å²) in [6, 6.07) is 9.98. The molecular formula is C19H21N5O. The van der Waals surface area contributed by atoms with Crippen LogP contribution in [0.15, 0.2) is 55.0 Å². The van der Waals surface area contributed by atoms with Crippen molar-refractivity contribution in [1.82, 2.24) is 19.6 Å². The van der Waals surface area contributed by atoms with Gasteiger partial charge in [-0.25, -0.2) is 0 Å². The first-order valence-electron chi connectivity index (χ1n) is 8.23. The van der Waals surface area contributed by atoms with Crippen LogP contribution in [-0.2, 0) is 17.9 Å². The van der Waals surface area contributed by atoms with Gasteiger partial charge in [0.15, 0.2) is 5.82 Å². The van der Waals surface area contributed by atoms with Crippen molar-refractivity contribution < 1.29 is 4.79 Å². The van der Waals surface area contributed by atoms with Gasteiger partial charge in [-0.05, 0) is 31.1 Å². The molecule has 1 aromatic carbocycles. The molecule has 2 aromatic heterocycles. The average Bonchev–Trinajstić information content (AvgIpc) is 3.24. The Morgan fingerprint density at radius 1 is 1.24 bits per heavy atom. The maximum Gasteiger partial charge on any atom is 0.249 e. The molecule has 1 N–H and O–H groups in total. The maximum atomic E-state index is 12.0. The smallest absolute Gasteiger partial charge is 0.249 e. The number of aryl methyl sites for hydroxylation is 2. The number of nitrogens with zero attached hydrogens (tertiary/aromatic N) is 4. The van der Waals surface area contributed by atoms with E-state index < -0.39 is 0 Å². The van der Waals surface area contributed by atoms with Crippen molar-refractivity contribution in [1.29, 1.82) is 0 Å². The number of benzene rings is 1. The van der Waals surface area contributed by atoms with Crippen molar-refractivity contribution in [3.63, 3.8) is 0 Å². The maximum absolute atomic E-state index is 12.0. The quantitative estimate of drug-likeness (QED) is 0.704. The van der Waals surface area contributed by atoms with E-state index in [0.717, 1.165) is 12.1 Å². The molecule has 3 aromatic rings. The lowest BCUT2D eigenvalue weighted by Gasteiger charge is -2.05. The lowest BCUT2D eigenvalue weighted by Crippen LogP contribution is -2.09. The molecule has 3 rings (SSSR count). The van der Waals surface area contributed by atoms with E-state index in [1.807, 2.05) is 40.8 Å². The molecule has 0 aliphatic carbocycles. The Labute approximate surface area is 146 Å². The molecule has 0 radical (unpaired) electrons. The van der Waals surface area contributed by atoms with Gasteiger partial charge in [0, 0.05) is 36.6 Å². The summed E-state index contributed by atoms with van der Waals surface area (Å²) in [5.74, 6) is 0.317. The molecule has 0 spiro atoms.